The predicted octanol–water partition coefficient (Wildman–Crippen LogP) is 0.266. The number of H-pyrrole nitrogens is 1. The quantitative estimate of drug-likeness (QED) is 0.715. The number of pyridine rings is 1. The number of aryl methyl sites for hydroxylation is 1. The van der Waals surface area contributed by atoms with Crippen molar-refractivity contribution in [2.75, 3.05) is 0 Å². The summed E-state index contributed by atoms with van der Waals surface area (Å²) < 4.78 is 28.5. The number of aromatic nitrogens is 4. The Bertz CT molecular complexity index is 954. The van der Waals surface area contributed by atoms with Gasteiger partial charge in [0.1, 0.15) is 0 Å². The Balaban J connectivity index is 1.87. The molecule has 0 saturated carbocycles. The molecule has 3 rings (SSSR count). The van der Waals surface area contributed by atoms with Crippen molar-refractivity contribution in [1.82, 2.24) is 24.3 Å². The molecule has 0 spiro atoms. The standard InChI is InChI=1S/C11H11N5O3S2/c1-7-10(20-11(17)13-7)21(18,19)12-6-9-15-14-8-4-2-3-5-16(8)9/h2-5,12H,6H2,1H3,(H,13,17). The molecule has 3 aromatic heterocycles. The number of sulfonamides is 1. The number of nitrogens with zero attached hydrogens (tertiary/aromatic N) is 3. The van der Waals surface area contributed by atoms with Crippen molar-refractivity contribution in [1.29, 1.82) is 0 Å². The summed E-state index contributed by atoms with van der Waals surface area (Å²) in [7, 11) is -3.76. The molecule has 0 bridgehead atoms. The third-order valence-corrected chi connectivity index (χ3v) is 5.84. The van der Waals surface area contributed by atoms with E-state index < -0.39 is 14.9 Å². The molecule has 0 aliphatic heterocycles. The van der Waals surface area contributed by atoms with Crippen LogP contribution in [0.3, 0.4) is 0 Å². The number of hydrogen-bond donors (Lipinski definition) is 2. The summed E-state index contributed by atoms with van der Waals surface area (Å²) in [6.07, 6.45) is 1.75. The lowest BCUT2D eigenvalue weighted by molar-refractivity contribution is 0.580. The smallest absolute Gasteiger partial charge is 0.305 e. The summed E-state index contributed by atoms with van der Waals surface area (Å²) >= 11 is 0.658. The molecule has 2 N–H and O–H groups in total. The normalized spacial score (nSPS) is 12.0. The van der Waals surface area contributed by atoms with E-state index in [2.05, 4.69) is 19.9 Å². The van der Waals surface area contributed by atoms with Gasteiger partial charge in [-0.05, 0) is 19.1 Å². The Hall–Kier alpha value is -2.04. The molecule has 10 heteroatoms. The molecule has 0 atom stereocenters. The number of aromatic amines is 1. The predicted molar refractivity (Wildman–Crippen MR) is 76.7 cm³/mol. The van der Waals surface area contributed by atoms with E-state index in [1.54, 1.807) is 29.7 Å². The molecule has 3 heterocycles. The average Bonchev–Trinajstić information content (AvgIpc) is 3.00. The molecule has 0 radical (unpaired) electrons. The van der Waals surface area contributed by atoms with Gasteiger partial charge in [0.2, 0.25) is 0 Å². The zero-order valence-corrected chi connectivity index (χ0v) is 12.5. The fourth-order valence-electron chi connectivity index (χ4n) is 1.88. The lowest BCUT2D eigenvalue weighted by Gasteiger charge is -2.04. The van der Waals surface area contributed by atoms with Crippen molar-refractivity contribution in [3.8, 4) is 0 Å². The Morgan fingerprint density at radius 2 is 2.19 bits per heavy atom. The molecule has 21 heavy (non-hydrogen) atoms. The zero-order chi connectivity index (χ0) is 15.0. The van der Waals surface area contributed by atoms with Crippen molar-refractivity contribution in [3.05, 3.63) is 45.6 Å². The fourth-order valence-corrected chi connectivity index (χ4v) is 4.21. The SMILES string of the molecule is Cc1[nH]c(=O)sc1S(=O)(=O)NCc1nnc2ccccn12. The number of nitrogens with one attached hydrogen (secondary N) is 2. The van der Waals surface area contributed by atoms with E-state index in [0.29, 0.717) is 28.5 Å². The van der Waals surface area contributed by atoms with E-state index in [9.17, 15) is 13.2 Å². The summed E-state index contributed by atoms with van der Waals surface area (Å²) in [6, 6.07) is 5.39. The monoisotopic (exact) mass is 325 g/mol. The highest BCUT2D eigenvalue weighted by Crippen LogP contribution is 2.15. The van der Waals surface area contributed by atoms with E-state index in [-0.39, 0.29) is 10.8 Å². The van der Waals surface area contributed by atoms with E-state index in [1.807, 2.05) is 6.07 Å². The van der Waals surface area contributed by atoms with Gasteiger partial charge in [-0.1, -0.05) is 17.4 Å². The third-order valence-electron chi connectivity index (χ3n) is 2.83. The van der Waals surface area contributed by atoms with Gasteiger partial charge < -0.3 is 4.98 Å². The lowest BCUT2D eigenvalue weighted by atomic mass is 10.5. The van der Waals surface area contributed by atoms with Gasteiger partial charge in [0.05, 0.1) is 6.54 Å². The molecular weight excluding hydrogens is 314 g/mol. The highest BCUT2D eigenvalue weighted by Gasteiger charge is 2.21. The van der Waals surface area contributed by atoms with Crippen LogP contribution in [0.1, 0.15) is 11.5 Å². The second-order valence-electron chi connectivity index (χ2n) is 4.30. The third kappa shape index (κ3) is 2.60. The van der Waals surface area contributed by atoms with Crippen molar-refractivity contribution < 1.29 is 8.42 Å². The van der Waals surface area contributed by atoms with Gasteiger partial charge in [0, 0.05) is 11.9 Å². The number of thiazole rings is 1. The number of hydrogen-bond acceptors (Lipinski definition) is 6. The first kappa shape index (κ1) is 13.9. The Kier molecular flexibility index (Phi) is 3.35. The van der Waals surface area contributed by atoms with Gasteiger partial charge in [-0.3, -0.25) is 9.20 Å². The summed E-state index contributed by atoms with van der Waals surface area (Å²) in [5.74, 6) is 0.467. The summed E-state index contributed by atoms with van der Waals surface area (Å²) in [5, 5.41) is 7.88. The highest BCUT2D eigenvalue weighted by atomic mass is 32.2. The largest absolute Gasteiger partial charge is 0.315 e. The molecule has 0 aromatic carbocycles. The van der Waals surface area contributed by atoms with Crippen molar-refractivity contribution in [2.24, 2.45) is 0 Å². The summed E-state index contributed by atoms with van der Waals surface area (Å²) in [6.45, 7) is 1.53. The van der Waals surface area contributed by atoms with Gasteiger partial charge >= 0.3 is 4.87 Å². The van der Waals surface area contributed by atoms with Crippen LogP contribution in [0.25, 0.3) is 5.65 Å². The van der Waals surface area contributed by atoms with Gasteiger partial charge in [-0.25, -0.2) is 13.1 Å². The minimum atomic E-state index is -3.76. The molecule has 0 amide bonds. The molecule has 8 nitrogen and oxygen atoms in total. The van der Waals surface area contributed by atoms with Gasteiger partial charge in [0.15, 0.2) is 15.7 Å². The zero-order valence-electron chi connectivity index (χ0n) is 10.9. The van der Waals surface area contributed by atoms with E-state index in [0.717, 1.165) is 0 Å². The maximum atomic E-state index is 12.2. The van der Waals surface area contributed by atoms with Crippen LogP contribution in [-0.2, 0) is 16.6 Å². The maximum Gasteiger partial charge on any atom is 0.305 e. The average molecular weight is 325 g/mol. The molecule has 0 saturated heterocycles. The van der Waals surface area contributed by atoms with Crippen LogP contribution in [0.2, 0.25) is 0 Å². The van der Waals surface area contributed by atoms with Crippen LogP contribution in [-0.4, -0.2) is 28.0 Å². The number of rotatable bonds is 4. The fraction of sp³-hybridized carbons (Fsp3) is 0.182. The summed E-state index contributed by atoms with van der Waals surface area (Å²) in [4.78, 5) is 13.3. The number of fused-ring (bicyclic) bond motifs is 1. The molecule has 0 unspecified atom stereocenters. The van der Waals surface area contributed by atoms with Gasteiger partial charge in [-0.2, -0.15) is 0 Å². The van der Waals surface area contributed by atoms with Crippen LogP contribution in [0.4, 0.5) is 0 Å². The molecule has 110 valence electrons. The molecule has 3 aromatic rings. The van der Waals surface area contributed by atoms with Crippen molar-refractivity contribution in [2.45, 2.75) is 17.7 Å². The highest BCUT2D eigenvalue weighted by molar-refractivity contribution is 7.91. The Morgan fingerprint density at radius 1 is 1.38 bits per heavy atom. The Labute approximate surface area is 123 Å². The first-order valence-electron chi connectivity index (χ1n) is 5.95. The first-order chi connectivity index (χ1) is 9.97. The lowest BCUT2D eigenvalue weighted by Crippen LogP contribution is -2.24. The van der Waals surface area contributed by atoms with Crippen LogP contribution in [0.15, 0.2) is 33.4 Å². The Morgan fingerprint density at radius 3 is 2.90 bits per heavy atom. The van der Waals surface area contributed by atoms with E-state index in [4.69, 9.17) is 0 Å². The minimum Gasteiger partial charge on any atom is -0.315 e. The first-order valence-corrected chi connectivity index (χ1v) is 8.25. The second-order valence-corrected chi connectivity index (χ2v) is 7.24. The van der Waals surface area contributed by atoms with E-state index in [1.165, 1.54) is 0 Å². The van der Waals surface area contributed by atoms with Gasteiger partial charge in [-0.15, -0.1) is 10.2 Å². The van der Waals surface area contributed by atoms with Crippen molar-refractivity contribution >= 4 is 27.0 Å². The second kappa shape index (κ2) is 5.06. The summed E-state index contributed by atoms with van der Waals surface area (Å²) in [5.41, 5.74) is 0.956. The van der Waals surface area contributed by atoms with E-state index >= 15 is 0 Å². The topological polar surface area (TPSA) is 109 Å². The molecule has 0 aliphatic rings. The van der Waals surface area contributed by atoms with Crippen LogP contribution < -0.4 is 9.60 Å². The minimum absolute atomic E-state index is 0.0127. The molecule has 0 fully saturated rings. The van der Waals surface area contributed by atoms with Crippen molar-refractivity contribution in [3.63, 3.8) is 0 Å². The molecule has 0 aliphatic carbocycles. The molecular formula is C11H11N5O3S2. The van der Waals surface area contributed by atoms with Gasteiger partial charge in [0.25, 0.3) is 10.0 Å². The van der Waals surface area contributed by atoms with Crippen LogP contribution in [0, 0.1) is 6.92 Å². The maximum absolute atomic E-state index is 12.2. The van der Waals surface area contributed by atoms with Crippen LogP contribution in [0.5, 0.6) is 0 Å². The van der Waals surface area contributed by atoms with Crippen LogP contribution >= 0.6 is 11.3 Å².